The van der Waals surface area contributed by atoms with Gasteiger partial charge in [-0.25, -0.2) is 4.98 Å². The fourth-order valence-electron chi connectivity index (χ4n) is 2.28. The number of nitrogens with one attached hydrogen (secondary N) is 1. The van der Waals surface area contributed by atoms with Gasteiger partial charge in [0.1, 0.15) is 11.6 Å². The predicted molar refractivity (Wildman–Crippen MR) is 102 cm³/mol. The lowest BCUT2D eigenvalue weighted by Gasteiger charge is -2.06. The fraction of sp³-hybridized carbons (Fsp3) is 0.0526. The van der Waals surface area contributed by atoms with Gasteiger partial charge < -0.3 is 4.98 Å². The minimum Gasteiger partial charge on any atom is -0.300 e. The molecule has 0 saturated carbocycles. The number of halogens is 1. The molecule has 0 aliphatic carbocycles. The van der Waals surface area contributed by atoms with Gasteiger partial charge in [0, 0.05) is 16.1 Å². The molecule has 1 aromatic heterocycles. The molecule has 0 aliphatic rings. The highest BCUT2D eigenvalue weighted by atomic mass is 35.5. The summed E-state index contributed by atoms with van der Waals surface area (Å²) in [5.74, 6) is -0.00928. The molecule has 0 amide bonds. The third-order valence-electron chi connectivity index (χ3n) is 3.56. The highest BCUT2D eigenvalue weighted by Gasteiger charge is 2.14. The number of thioether (sulfide) groups is 1. The second kappa shape index (κ2) is 8.00. The number of aromatic nitrogens is 2. The molecule has 5 nitrogen and oxygen atoms in total. The van der Waals surface area contributed by atoms with Crippen molar-refractivity contribution in [2.45, 2.75) is 5.16 Å². The van der Waals surface area contributed by atoms with Gasteiger partial charge in [-0.2, -0.15) is 5.26 Å². The molecule has 3 rings (SSSR count). The Morgan fingerprint density at radius 2 is 1.85 bits per heavy atom. The number of hydrogen-bond donors (Lipinski definition) is 1. The highest BCUT2D eigenvalue weighted by molar-refractivity contribution is 7.99. The van der Waals surface area contributed by atoms with Crippen molar-refractivity contribution in [2.75, 3.05) is 5.75 Å². The molecule has 2 aromatic carbocycles. The van der Waals surface area contributed by atoms with Crippen molar-refractivity contribution in [1.82, 2.24) is 9.97 Å². The van der Waals surface area contributed by atoms with Gasteiger partial charge in [0.05, 0.1) is 11.4 Å². The van der Waals surface area contributed by atoms with Crippen LogP contribution in [0.2, 0.25) is 5.02 Å². The van der Waals surface area contributed by atoms with Crippen molar-refractivity contribution in [3.63, 3.8) is 0 Å². The summed E-state index contributed by atoms with van der Waals surface area (Å²) in [6, 6.07) is 17.5. The maximum absolute atomic E-state index is 12.3. The molecule has 0 saturated heterocycles. The van der Waals surface area contributed by atoms with Gasteiger partial charge >= 0.3 is 0 Å². The molecule has 1 heterocycles. The van der Waals surface area contributed by atoms with Crippen LogP contribution in [0, 0.1) is 11.3 Å². The van der Waals surface area contributed by atoms with Crippen molar-refractivity contribution in [1.29, 1.82) is 5.26 Å². The van der Waals surface area contributed by atoms with Crippen LogP contribution in [0.4, 0.5) is 0 Å². The van der Waals surface area contributed by atoms with E-state index in [2.05, 4.69) is 9.97 Å². The second-order valence-corrected chi connectivity index (χ2v) is 6.69. The zero-order valence-electron chi connectivity index (χ0n) is 13.4. The number of aromatic amines is 1. The van der Waals surface area contributed by atoms with E-state index in [0.717, 1.165) is 11.8 Å². The first-order chi connectivity index (χ1) is 12.6. The van der Waals surface area contributed by atoms with Crippen LogP contribution in [0.25, 0.3) is 11.3 Å². The van der Waals surface area contributed by atoms with E-state index in [1.165, 1.54) is 0 Å². The minimum atomic E-state index is -0.525. The van der Waals surface area contributed by atoms with Gasteiger partial charge in [-0.15, -0.1) is 0 Å². The number of nitriles is 1. The number of H-pyrrole nitrogens is 1. The largest absolute Gasteiger partial charge is 0.300 e. The van der Waals surface area contributed by atoms with Gasteiger partial charge in [0.2, 0.25) is 0 Å². The third kappa shape index (κ3) is 4.02. The number of ketones is 1. The average molecular weight is 382 g/mol. The van der Waals surface area contributed by atoms with Gasteiger partial charge in [0.15, 0.2) is 10.9 Å². The topological polar surface area (TPSA) is 86.6 Å². The molecule has 7 heteroatoms. The molecule has 0 unspecified atom stereocenters. The van der Waals surface area contributed by atoms with Crippen LogP contribution in [0.5, 0.6) is 0 Å². The molecule has 1 N–H and O–H groups in total. The van der Waals surface area contributed by atoms with Crippen LogP contribution in [0.1, 0.15) is 15.9 Å². The van der Waals surface area contributed by atoms with E-state index in [-0.39, 0.29) is 22.3 Å². The van der Waals surface area contributed by atoms with E-state index in [1.807, 2.05) is 12.1 Å². The standard InChI is InChI=1S/C19H12ClN3O2S/c20-14-8-6-12(7-9-14)16(24)11-26-19-22-17(13-4-2-1-3-5-13)15(10-21)18(25)23-19/h1-9H,11H2,(H,22,23,25). The van der Waals surface area contributed by atoms with E-state index in [4.69, 9.17) is 11.6 Å². The van der Waals surface area contributed by atoms with E-state index >= 15 is 0 Å². The molecule has 0 bridgehead atoms. The molecule has 26 heavy (non-hydrogen) atoms. The minimum absolute atomic E-state index is 0.0513. The molecule has 0 radical (unpaired) electrons. The van der Waals surface area contributed by atoms with Crippen LogP contribution in [-0.4, -0.2) is 21.5 Å². The molecule has 128 valence electrons. The Bertz CT molecular complexity index is 1040. The summed E-state index contributed by atoms with van der Waals surface area (Å²) in [5, 5.41) is 10.1. The monoisotopic (exact) mass is 381 g/mol. The van der Waals surface area contributed by atoms with Crippen LogP contribution in [-0.2, 0) is 0 Å². The number of Topliss-reactive ketones (excluding diaryl/α,β-unsaturated/α-hetero) is 1. The van der Waals surface area contributed by atoms with Gasteiger partial charge in [0.25, 0.3) is 5.56 Å². The Kier molecular flexibility index (Phi) is 5.52. The SMILES string of the molecule is N#Cc1c(-c2ccccc2)nc(SCC(=O)c2ccc(Cl)cc2)[nH]c1=O. The number of nitrogens with zero attached hydrogens (tertiary/aromatic N) is 2. The fourth-order valence-corrected chi connectivity index (χ4v) is 3.16. The number of hydrogen-bond acceptors (Lipinski definition) is 5. The normalized spacial score (nSPS) is 10.3. The lowest BCUT2D eigenvalue weighted by molar-refractivity contribution is 0.102. The first kappa shape index (κ1) is 17.9. The van der Waals surface area contributed by atoms with Crippen molar-refractivity contribution in [2.24, 2.45) is 0 Å². The Morgan fingerprint density at radius 3 is 2.50 bits per heavy atom. The maximum atomic E-state index is 12.3. The van der Waals surface area contributed by atoms with Crippen molar-refractivity contribution < 1.29 is 4.79 Å². The number of carbonyl (C=O) groups is 1. The van der Waals surface area contributed by atoms with Crippen LogP contribution in [0.15, 0.2) is 64.5 Å². The van der Waals surface area contributed by atoms with Gasteiger partial charge in [-0.1, -0.05) is 53.7 Å². The Hall–Kier alpha value is -2.88. The van der Waals surface area contributed by atoms with E-state index in [9.17, 15) is 14.9 Å². The number of rotatable bonds is 5. The first-order valence-corrected chi connectivity index (χ1v) is 8.96. The Morgan fingerprint density at radius 1 is 1.15 bits per heavy atom. The predicted octanol–water partition coefficient (Wildman–Crippen LogP) is 3.94. The Labute approximate surface area is 158 Å². The lowest BCUT2D eigenvalue weighted by Crippen LogP contribution is -2.15. The first-order valence-electron chi connectivity index (χ1n) is 7.60. The van der Waals surface area contributed by atoms with E-state index in [1.54, 1.807) is 48.5 Å². The maximum Gasteiger partial charge on any atom is 0.270 e. The van der Waals surface area contributed by atoms with E-state index < -0.39 is 5.56 Å². The van der Waals surface area contributed by atoms with Gasteiger partial charge in [-0.05, 0) is 24.3 Å². The number of carbonyl (C=O) groups excluding carboxylic acids is 1. The zero-order chi connectivity index (χ0) is 18.5. The quantitative estimate of drug-likeness (QED) is 0.411. The lowest BCUT2D eigenvalue weighted by atomic mass is 10.1. The van der Waals surface area contributed by atoms with Gasteiger partial charge in [-0.3, -0.25) is 9.59 Å². The van der Waals surface area contributed by atoms with Crippen molar-refractivity contribution in [3.8, 4) is 17.3 Å². The van der Waals surface area contributed by atoms with Crippen LogP contribution >= 0.6 is 23.4 Å². The summed E-state index contributed by atoms with van der Waals surface area (Å²) in [6.45, 7) is 0. The van der Waals surface area contributed by atoms with Crippen molar-refractivity contribution in [3.05, 3.63) is 81.1 Å². The summed E-state index contributed by atoms with van der Waals surface area (Å²) < 4.78 is 0. The summed E-state index contributed by atoms with van der Waals surface area (Å²) in [4.78, 5) is 31.4. The summed E-state index contributed by atoms with van der Waals surface area (Å²) in [7, 11) is 0. The Balaban J connectivity index is 1.86. The molecule has 0 fully saturated rings. The highest BCUT2D eigenvalue weighted by Crippen LogP contribution is 2.22. The molecular formula is C19H12ClN3O2S. The zero-order valence-corrected chi connectivity index (χ0v) is 15.0. The summed E-state index contributed by atoms with van der Waals surface area (Å²) in [6.07, 6.45) is 0. The second-order valence-electron chi connectivity index (χ2n) is 5.29. The molecule has 0 aliphatic heterocycles. The average Bonchev–Trinajstić information content (AvgIpc) is 2.67. The van der Waals surface area contributed by atoms with E-state index in [0.29, 0.717) is 21.8 Å². The van der Waals surface area contributed by atoms with Crippen LogP contribution in [0.3, 0.4) is 0 Å². The van der Waals surface area contributed by atoms with Crippen molar-refractivity contribution >= 4 is 29.1 Å². The molecular weight excluding hydrogens is 370 g/mol. The smallest absolute Gasteiger partial charge is 0.270 e. The summed E-state index contributed by atoms with van der Waals surface area (Å²) >= 11 is 6.93. The molecule has 3 aromatic rings. The molecule has 0 spiro atoms. The number of benzene rings is 2. The molecule has 0 atom stereocenters. The summed E-state index contributed by atoms with van der Waals surface area (Å²) in [5.41, 5.74) is 0.924. The third-order valence-corrected chi connectivity index (χ3v) is 4.69. The van der Waals surface area contributed by atoms with Crippen LogP contribution < -0.4 is 5.56 Å².